The summed E-state index contributed by atoms with van der Waals surface area (Å²) in [5.41, 5.74) is 0.632. The maximum absolute atomic E-state index is 12.3. The fourth-order valence-corrected chi connectivity index (χ4v) is 3.38. The van der Waals surface area contributed by atoms with Crippen LogP contribution in [0.4, 0.5) is 0 Å². The first kappa shape index (κ1) is 17.3. The van der Waals surface area contributed by atoms with Crippen molar-refractivity contribution < 1.29 is 24.5 Å². The molecule has 1 aromatic carbocycles. The van der Waals surface area contributed by atoms with E-state index in [-0.39, 0.29) is 10.1 Å². The topological polar surface area (TPSA) is 89.9 Å². The molecule has 0 saturated carbocycles. The van der Waals surface area contributed by atoms with Gasteiger partial charge in [-0.05, 0) is 37.6 Å². The van der Waals surface area contributed by atoms with Crippen LogP contribution in [0.15, 0.2) is 23.1 Å². The number of hydrogen-bond acceptors (Lipinski definition) is 7. The van der Waals surface area contributed by atoms with Crippen LogP contribution in [0.1, 0.15) is 19.4 Å². The average Bonchev–Trinajstić information content (AvgIpc) is 2.76. The smallest absolute Gasteiger partial charge is 0.266 e. The van der Waals surface area contributed by atoms with E-state index >= 15 is 0 Å². The number of phenols is 1. The standard InChI is InChI=1S/C15H15NO5S2/c1-3-21-11-6-9(4-5-10(11)17)7-12-13(18)16(15(22)23-12)8(2)14(19)20/h4-8,17H,3H2,1-2H3,(H,19,20)/p-1/b12-7-/t8-/m0/s1. The van der Waals surface area contributed by atoms with Crippen LogP contribution in [0.2, 0.25) is 0 Å². The van der Waals surface area contributed by atoms with Crippen molar-refractivity contribution in [2.45, 2.75) is 19.9 Å². The molecule has 0 bridgehead atoms. The molecule has 1 aliphatic heterocycles. The SMILES string of the molecule is CCOc1cc(/C=C2\SC(=S)N([C@@H](C)C(=O)[O-])C2=O)ccc1O. The third-order valence-corrected chi connectivity index (χ3v) is 4.46. The second-order valence-electron chi connectivity index (χ2n) is 4.71. The molecule has 1 aliphatic rings. The normalized spacial score (nSPS) is 17.7. The summed E-state index contributed by atoms with van der Waals surface area (Å²) < 4.78 is 5.46. The Kier molecular flexibility index (Phi) is 5.27. The summed E-state index contributed by atoms with van der Waals surface area (Å²) >= 11 is 6.09. The molecule has 122 valence electrons. The summed E-state index contributed by atoms with van der Waals surface area (Å²) in [6, 6.07) is 3.54. The van der Waals surface area contributed by atoms with Crippen LogP contribution in [0.3, 0.4) is 0 Å². The zero-order valence-corrected chi connectivity index (χ0v) is 14.1. The minimum absolute atomic E-state index is 0.00197. The number of thioether (sulfide) groups is 1. The number of carbonyl (C=O) groups is 2. The van der Waals surface area contributed by atoms with E-state index in [2.05, 4.69) is 0 Å². The molecule has 1 atom stereocenters. The summed E-state index contributed by atoms with van der Waals surface area (Å²) in [5, 5.41) is 20.6. The second-order valence-corrected chi connectivity index (χ2v) is 6.38. The number of thiocarbonyl (C=S) groups is 1. The number of carbonyl (C=O) groups excluding carboxylic acids is 2. The van der Waals surface area contributed by atoms with Gasteiger partial charge < -0.3 is 19.7 Å². The number of ether oxygens (including phenoxy) is 1. The highest BCUT2D eigenvalue weighted by atomic mass is 32.2. The van der Waals surface area contributed by atoms with Crippen LogP contribution in [0.5, 0.6) is 11.5 Å². The molecule has 1 saturated heterocycles. The molecule has 0 radical (unpaired) electrons. The van der Waals surface area contributed by atoms with Gasteiger partial charge in [-0.25, -0.2) is 0 Å². The van der Waals surface area contributed by atoms with E-state index in [1.165, 1.54) is 13.0 Å². The molecule has 8 heteroatoms. The zero-order chi connectivity index (χ0) is 17.1. The number of nitrogens with zero attached hydrogens (tertiary/aromatic N) is 1. The predicted octanol–water partition coefficient (Wildman–Crippen LogP) is 1.13. The lowest BCUT2D eigenvalue weighted by molar-refractivity contribution is -0.309. The van der Waals surface area contributed by atoms with Crippen LogP contribution in [0, 0.1) is 0 Å². The van der Waals surface area contributed by atoms with E-state index in [0.717, 1.165) is 16.7 Å². The molecule has 0 aromatic heterocycles. The Balaban J connectivity index is 2.31. The summed E-state index contributed by atoms with van der Waals surface area (Å²) in [4.78, 5) is 24.6. The molecule has 1 fully saturated rings. The van der Waals surface area contributed by atoms with E-state index in [4.69, 9.17) is 17.0 Å². The number of carboxylic acid groups (broad SMARTS) is 1. The average molecular weight is 352 g/mol. The highest BCUT2D eigenvalue weighted by Crippen LogP contribution is 2.35. The fourth-order valence-electron chi connectivity index (χ4n) is 1.96. The van der Waals surface area contributed by atoms with Crippen molar-refractivity contribution in [3.05, 3.63) is 28.7 Å². The first-order chi connectivity index (χ1) is 10.8. The summed E-state index contributed by atoms with van der Waals surface area (Å²) in [6.45, 7) is 3.53. The summed E-state index contributed by atoms with van der Waals surface area (Å²) in [7, 11) is 0. The van der Waals surface area contributed by atoms with Crippen molar-refractivity contribution in [3.63, 3.8) is 0 Å². The largest absolute Gasteiger partial charge is 0.548 e. The first-order valence-corrected chi connectivity index (χ1v) is 8.01. The van der Waals surface area contributed by atoms with E-state index in [1.54, 1.807) is 25.1 Å². The molecule has 1 heterocycles. The van der Waals surface area contributed by atoms with Gasteiger partial charge in [0.05, 0.1) is 23.5 Å². The molecule has 0 aliphatic carbocycles. The quantitative estimate of drug-likeness (QED) is 0.627. The van der Waals surface area contributed by atoms with Gasteiger partial charge in [0.25, 0.3) is 5.91 Å². The Bertz CT molecular complexity index is 701. The third-order valence-electron chi connectivity index (χ3n) is 3.13. The van der Waals surface area contributed by atoms with Crippen LogP contribution >= 0.6 is 24.0 Å². The van der Waals surface area contributed by atoms with Crippen molar-refractivity contribution >= 4 is 46.3 Å². The number of benzene rings is 1. The molecular formula is C15H14NO5S2-. The van der Waals surface area contributed by atoms with Gasteiger partial charge in [-0.2, -0.15) is 0 Å². The molecule has 2 rings (SSSR count). The Labute approximate surface area is 142 Å². The monoisotopic (exact) mass is 352 g/mol. The van der Waals surface area contributed by atoms with Gasteiger partial charge in [0.15, 0.2) is 11.5 Å². The van der Waals surface area contributed by atoms with Crippen molar-refractivity contribution in [1.82, 2.24) is 4.90 Å². The Morgan fingerprint density at radius 1 is 1.57 bits per heavy atom. The van der Waals surface area contributed by atoms with Gasteiger partial charge in [-0.15, -0.1) is 0 Å². The molecule has 0 spiro atoms. The van der Waals surface area contributed by atoms with Crippen molar-refractivity contribution in [2.24, 2.45) is 0 Å². The van der Waals surface area contributed by atoms with Crippen molar-refractivity contribution in [1.29, 1.82) is 0 Å². The lowest BCUT2D eigenvalue weighted by Crippen LogP contribution is -2.48. The van der Waals surface area contributed by atoms with Crippen molar-refractivity contribution in [3.8, 4) is 11.5 Å². The lowest BCUT2D eigenvalue weighted by Gasteiger charge is -2.23. The number of amides is 1. The van der Waals surface area contributed by atoms with Crippen LogP contribution in [-0.2, 0) is 9.59 Å². The first-order valence-electron chi connectivity index (χ1n) is 6.79. The van der Waals surface area contributed by atoms with Gasteiger partial charge in [0, 0.05) is 0 Å². The highest BCUT2D eigenvalue weighted by molar-refractivity contribution is 8.26. The van der Waals surface area contributed by atoms with Gasteiger partial charge >= 0.3 is 0 Å². The van der Waals surface area contributed by atoms with Gasteiger partial charge in [0.1, 0.15) is 4.32 Å². The molecule has 1 aromatic rings. The van der Waals surface area contributed by atoms with E-state index in [9.17, 15) is 19.8 Å². The Morgan fingerprint density at radius 2 is 2.26 bits per heavy atom. The minimum Gasteiger partial charge on any atom is -0.548 e. The zero-order valence-electron chi connectivity index (χ0n) is 12.4. The molecular weight excluding hydrogens is 338 g/mol. The van der Waals surface area contributed by atoms with Crippen LogP contribution < -0.4 is 9.84 Å². The maximum Gasteiger partial charge on any atom is 0.266 e. The summed E-state index contributed by atoms with van der Waals surface area (Å²) in [5.74, 6) is -1.55. The Morgan fingerprint density at radius 3 is 2.87 bits per heavy atom. The number of aliphatic carboxylic acids is 1. The molecule has 0 unspecified atom stereocenters. The molecule has 23 heavy (non-hydrogen) atoms. The number of carboxylic acids is 1. The summed E-state index contributed by atoms with van der Waals surface area (Å²) in [6.07, 6.45) is 1.57. The maximum atomic E-state index is 12.3. The highest BCUT2D eigenvalue weighted by Gasteiger charge is 2.35. The molecule has 1 amide bonds. The predicted molar refractivity (Wildman–Crippen MR) is 88.8 cm³/mol. The molecule has 1 N–H and O–H groups in total. The van der Waals surface area contributed by atoms with E-state index in [1.807, 2.05) is 0 Å². The van der Waals surface area contributed by atoms with E-state index < -0.39 is 17.9 Å². The van der Waals surface area contributed by atoms with Crippen molar-refractivity contribution in [2.75, 3.05) is 6.61 Å². The fraction of sp³-hybridized carbons (Fsp3) is 0.267. The van der Waals surface area contributed by atoms with Gasteiger partial charge in [-0.1, -0.05) is 30.0 Å². The van der Waals surface area contributed by atoms with E-state index in [0.29, 0.717) is 22.8 Å². The van der Waals surface area contributed by atoms with Gasteiger partial charge in [0.2, 0.25) is 0 Å². The van der Waals surface area contributed by atoms with Crippen LogP contribution in [-0.4, -0.2) is 38.9 Å². The number of aromatic hydroxyl groups is 1. The minimum atomic E-state index is -1.37. The number of hydrogen-bond donors (Lipinski definition) is 1. The number of phenolic OH excluding ortho intramolecular Hbond substituents is 1. The van der Waals surface area contributed by atoms with Gasteiger partial charge in [-0.3, -0.25) is 9.69 Å². The number of rotatable bonds is 5. The lowest BCUT2D eigenvalue weighted by atomic mass is 10.2. The third kappa shape index (κ3) is 3.65. The Hall–Kier alpha value is -2.06. The molecule has 6 nitrogen and oxygen atoms in total. The van der Waals surface area contributed by atoms with Crippen LogP contribution in [0.25, 0.3) is 6.08 Å². The second kappa shape index (κ2) is 7.01.